The lowest BCUT2D eigenvalue weighted by atomic mass is 9.79. The van der Waals surface area contributed by atoms with Crippen molar-refractivity contribution in [1.82, 2.24) is 9.13 Å². The molecule has 3 heterocycles. The molecule has 0 saturated carbocycles. The van der Waals surface area contributed by atoms with Gasteiger partial charge in [0.15, 0.2) is 0 Å². The van der Waals surface area contributed by atoms with E-state index >= 15 is 0 Å². The van der Waals surface area contributed by atoms with Crippen LogP contribution in [0.25, 0.3) is 66.1 Å². The number of rotatable bonds is 4. The van der Waals surface area contributed by atoms with Gasteiger partial charge in [-0.05, 0) is 138 Å². The summed E-state index contributed by atoms with van der Waals surface area (Å²) in [6.45, 7) is 10.2. The highest BCUT2D eigenvalue weighted by Crippen LogP contribution is 2.39. The third-order valence-corrected chi connectivity index (χ3v) is 14.2. The van der Waals surface area contributed by atoms with E-state index in [-0.39, 0.29) is 7.43 Å². The van der Waals surface area contributed by atoms with Crippen LogP contribution >= 0.6 is 86.3 Å². The van der Waals surface area contributed by atoms with Crippen molar-refractivity contribution in [1.29, 1.82) is 0 Å². The summed E-state index contributed by atoms with van der Waals surface area (Å²) in [6.07, 6.45) is 0. The summed E-state index contributed by atoms with van der Waals surface area (Å²) in [4.78, 5) is 0. The first-order chi connectivity index (χ1) is 30.8. The second kappa shape index (κ2) is 19.6. The van der Waals surface area contributed by atoms with Gasteiger partial charge in [0.1, 0.15) is 5.60 Å². The van der Waals surface area contributed by atoms with Gasteiger partial charge in [-0.15, -0.1) is 0 Å². The predicted octanol–water partition coefficient (Wildman–Crippen LogP) is 17.3. The van der Waals surface area contributed by atoms with Crippen molar-refractivity contribution in [3.05, 3.63) is 210 Å². The lowest BCUT2D eigenvalue weighted by molar-refractivity contribution is 0.0262. The molecule has 1 saturated heterocycles. The van der Waals surface area contributed by atoms with Crippen LogP contribution in [0.15, 0.2) is 200 Å². The average molecular weight is 1220 g/mol. The summed E-state index contributed by atoms with van der Waals surface area (Å²) in [6, 6.07) is 63.8. The summed E-state index contributed by atoms with van der Waals surface area (Å²) in [5.41, 5.74) is 9.43. The molecule has 0 radical (unpaired) electrons. The van der Waals surface area contributed by atoms with E-state index in [9.17, 15) is 0 Å². The van der Waals surface area contributed by atoms with Crippen molar-refractivity contribution >= 4 is 143 Å². The topological polar surface area (TPSA) is 28.3 Å². The van der Waals surface area contributed by atoms with E-state index in [1.807, 2.05) is 32.9 Å². The number of para-hydroxylation sites is 4. The highest BCUT2D eigenvalue weighted by molar-refractivity contribution is 14.1. The maximum atomic E-state index is 6.22. The molecule has 65 heavy (non-hydrogen) atoms. The van der Waals surface area contributed by atoms with E-state index in [2.05, 4.69) is 272 Å². The molecule has 0 N–H and O–H groups in total. The molecule has 0 spiro atoms. The van der Waals surface area contributed by atoms with Crippen LogP contribution in [0.4, 0.5) is 0 Å². The molecule has 2 aromatic heterocycles. The van der Waals surface area contributed by atoms with Crippen LogP contribution in [0.3, 0.4) is 0 Å². The molecule has 1 fully saturated rings. The zero-order chi connectivity index (χ0) is 44.8. The van der Waals surface area contributed by atoms with Crippen LogP contribution in [-0.2, 0) is 9.31 Å². The first-order valence-electron chi connectivity index (χ1n) is 20.7. The average Bonchev–Trinajstić information content (AvgIpc) is 3.86. The minimum atomic E-state index is -0.598. The van der Waals surface area contributed by atoms with Gasteiger partial charge < -0.3 is 18.4 Å². The first-order valence-corrected chi connectivity index (χ1v) is 25.0. The Kier molecular flexibility index (Phi) is 14.3. The van der Waals surface area contributed by atoms with Gasteiger partial charge in [0.2, 0.25) is 5.60 Å². The molecule has 1 aliphatic rings. The summed E-state index contributed by atoms with van der Waals surface area (Å²) >= 11 is 16.2. The van der Waals surface area contributed by atoms with Crippen molar-refractivity contribution in [2.45, 2.75) is 39.4 Å². The van der Waals surface area contributed by atoms with E-state index in [1.165, 1.54) is 58.5 Å². The predicted molar refractivity (Wildman–Crippen MR) is 299 cm³/mol. The lowest BCUT2D eigenvalue weighted by Crippen LogP contribution is -2.42. The Morgan fingerprint density at radius 1 is 0.462 bits per heavy atom. The van der Waals surface area contributed by atoms with Crippen molar-refractivity contribution in [2.75, 3.05) is 0 Å². The summed E-state index contributed by atoms with van der Waals surface area (Å²) < 4.78 is 22.6. The van der Waals surface area contributed by atoms with E-state index in [0.717, 1.165) is 34.6 Å². The van der Waals surface area contributed by atoms with Crippen LogP contribution in [0.2, 0.25) is 0 Å². The van der Waals surface area contributed by atoms with Crippen molar-refractivity contribution in [3.8, 4) is 22.5 Å². The fraction of sp³-hybridized carbons (Fsp3) is 0.109. The number of benzene rings is 8. The molecule has 0 bridgehead atoms. The number of nitrogens with zero attached hydrogens (tertiary/aromatic N) is 2. The molecule has 1 atom stereocenters. The van der Waals surface area contributed by atoms with E-state index in [4.69, 9.17) is 9.31 Å². The Hall–Kier alpha value is -4.14. The molecule has 0 amide bonds. The molecule has 0 aliphatic carbocycles. The molecule has 1 aliphatic heterocycles. The van der Waals surface area contributed by atoms with Gasteiger partial charge in [-0.2, -0.15) is 0 Å². The molecule has 10 aromatic rings. The summed E-state index contributed by atoms with van der Waals surface area (Å²) in [5.74, 6) is 0. The second-order valence-corrected chi connectivity index (χ2v) is 21.3. The van der Waals surface area contributed by atoms with Gasteiger partial charge in [0.25, 0.3) is 0 Å². The minimum Gasteiger partial charge on any atom is -0.395 e. The lowest BCUT2D eigenvalue weighted by Gasteiger charge is -2.25. The van der Waals surface area contributed by atoms with E-state index in [1.54, 1.807) is 0 Å². The number of hydrogen-bond donors (Lipinski definition) is 0. The van der Waals surface area contributed by atoms with Crippen LogP contribution in [0, 0.1) is 10.5 Å². The van der Waals surface area contributed by atoms with Gasteiger partial charge in [-0.3, -0.25) is 0 Å². The highest BCUT2D eigenvalue weighted by Gasteiger charge is 2.57. The fourth-order valence-electron chi connectivity index (χ4n) is 8.17. The SMILES string of the molecule is Brc1cc(Br)cc(-c2ccc3c4ccccc4n(-c4ccccc4)c3c2)c1.Brc1cc(Br)cc(I)c1.C.[CH2+]C1(C)OB(c2ccc3c4ccccc4n(-c4ccccc4)c3c2)OC1(C)C. The Morgan fingerprint density at radius 3 is 1.37 bits per heavy atom. The number of fused-ring (bicyclic) bond motifs is 6. The minimum absolute atomic E-state index is 0. The van der Waals surface area contributed by atoms with Gasteiger partial charge in [0.05, 0.1) is 29.0 Å². The molecular formula is C55H45BBr4IN2O2+. The van der Waals surface area contributed by atoms with Crippen molar-refractivity contribution in [3.63, 3.8) is 0 Å². The maximum Gasteiger partial charge on any atom is 0.498 e. The van der Waals surface area contributed by atoms with E-state index < -0.39 is 18.3 Å². The summed E-state index contributed by atoms with van der Waals surface area (Å²) in [7, 11) is -0.427. The smallest absolute Gasteiger partial charge is 0.395 e. The third-order valence-electron chi connectivity index (χ3n) is 11.7. The van der Waals surface area contributed by atoms with Crippen LogP contribution in [-0.4, -0.2) is 27.5 Å². The normalized spacial score (nSPS) is 15.4. The fourth-order valence-corrected chi connectivity index (χ4v) is 12.3. The van der Waals surface area contributed by atoms with Gasteiger partial charge in [0, 0.05) is 61.3 Å². The number of hydrogen-bond acceptors (Lipinski definition) is 2. The third kappa shape index (κ3) is 9.82. The van der Waals surface area contributed by atoms with Crippen LogP contribution in [0.1, 0.15) is 28.2 Å². The van der Waals surface area contributed by atoms with Crippen LogP contribution < -0.4 is 5.46 Å². The van der Waals surface area contributed by atoms with E-state index in [0.29, 0.717) is 0 Å². The first kappa shape index (κ1) is 47.4. The largest absolute Gasteiger partial charge is 0.498 e. The molecule has 4 nitrogen and oxygen atoms in total. The van der Waals surface area contributed by atoms with Gasteiger partial charge >= 0.3 is 7.12 Å². The quantitative estimate of drug-likeness (QED) is 0.0998. The summed E-state index contributed by atoms with van der Waals surface area (Å²) in [5, 5.41) is 5.01. The number of aromatic nitrogens is 2. The van der Waals surface area contributed by atoms with Crippen molar-refractivity contribution < 1.29 is 9.31 Å². The van der Waals surface area contributed by atoms with Crippen LogP contribution in [0.5, 0.6) is 0 Å². The van der Waals surface area contributed by atoms with Gasteiger partial charge in [-0.1, -0.05) is 168 Å². The molecule has 1 unspecified atom stereocenters. The second-order valence-electron chi connectivity index (χ2n) is 16.4. The Labute approximate surface area is 429 Å². The zero-order valence-corrected chi connectivity index (χ0v) is 43.7. The molecule has 10 heteroatoms. The number of halogens is 5. The molecule has 8 aromatic carbocycles. The zero-order valence-electron chi connectivity index (χ0n) is 35.2. The standard InChI is InChI=1S/C24H23BNO2.C24H15Br2N.C6H3Br2I.CH4/c1-23(2)24(3,4)28-25(27-23)17-14-15-20-19-12-8-9-13-21(19)26(22(20)16-17)18-10-6-5-7-11-18;25-18-12-17(13-19(26)15-18)16-10-11-22-21-8-4-5-9-23(21)27(24(22)14-16)20-6-2-1-3-7-20;7-4-1-5(8)3-6(9)2-4;/h5-16H,1H2,2-4H3;1-15H;1-3H;1H4/q+1;;;. The highest BCUT2D eigenvalue weighted by atomic mass is 127. The Bertz CT molecular complexity index is 3230. The Balaban J connectivity index is 0.000000147. The Morgan fingerprint density at radius 2 is 0.892 bits per heavy atom. The van der Waals surface area contributed by atoms with Gasteiger partial charge in [-0.25, -0.2) is 0 Å². The monoisotopic (exact) mass is 1220 g/mol. The maximum absolute atomic E-state index is 6.22. The van der Waals surface area contributed by atoms with Crippen molar-refractivity contribution in [2.24, 2.45) is 0 Å². The molecular weight excluding hydrogens is 1180 g/mol. The molecule has 11 rings (SSSR count). The molecule has 324 valence electrons.